The topological polar surface area (TPSA) is 142 Å². The van der Waals surface area contributed by atoms with Crippen LogP contribution in [0.3, 0.4) is 0 Å². The predicted octanol–water partition coefficient (Wildman–Crippen LogP) is 0.272. The minimum atomic E-state index is -0.500. The zero-order valence-electron chi connectivity index (χ0n) is 17.1. The third-order valence-electron chi connectivity index (χ3n) is 4.64. The predicted molar refractivity (Wildman–Crippen MR) is 110 cm³/mol. The van der Waals surface area contributed by atoms with E-state index < -0.39 is 6.47 Å². The van der Waals surface area contributed by atoms with Gasteiger partial charge in [-0.05, 0) is 26.0 Å². The molecule has 0 aliphatic carbocycles. The van der Waals surface area contributed by atoms with Crippen molar-refractivity contribution < 1.29 is 23.8 Å². The van der Waals surface area contributed by atoms with Crippen LogP contribution in [0.15, 0.2) is 53.6 Å². The van der Waals surface area contributed by atoms with Crippen molar-refractivity contribution in [3.63, 3.8) is 0 Å². The number of amides is 1. The average Bonchev–Trinajstić information content (AvgIpc) is 3.31. The number of hydrogen-bond acceptors (Lipinski definition) is 7. The van der Waals surface area contributed by atoms with Gasteiger partial charge in [0, 0.05) is 36.1 Å². The minimum Gasteiger partial charge on any atom is -0.554 e. The highest BCUT2D eigenvalue weighted by Gasteiger charge is 2.16. The molecule has 4 rings (SSSR count). The standard InChI is InChI=1S/C20H20N6O2.CH2O2/c1-13-19(14(2)28-24-13)17-12-23-18-11-15(3-9-26(17)18)20(27)22-6-10-25-7-4-16(21)5-8-25;2-1-3/h3-5,7-9,11-12,21H,6,10H2,1-2H3,(H,22,27);1H,(H,2,3). The summed E-state index contributed by atoms with van der Waals surface area (Å²) in [5.74, 6) is 0.599. The van der Waals surface area contributed by atoms with Gasteiger partial charge in [-0.25, -0.2) is 9.55 Å². The summed E-state index contributed by atoms with van der Waals surface area (Å²) in [6.45, 7) is 4.44. The van der Waals surface area contributed by atoms with Crippen molar-refractivity contribution in [3.8, 4) is 11.3 Å². The number of carbonyl (C=O) groups is 2. The van der Waals surface area contributed by atoms with Gasteiger partial charge < -0.3 is 25.5 Å². The lowest BCUT2D eigenvalue weighted by molar-refractivity contribution is -0.694. The van der Waals surface area contributed by atoms with Gasteiger partial charge in [-0.3, -0.25) is 9.20 Å². The first kappa shape index (κ1) is 21.5. The van der Waals surface area contributed by atoms with Gasteiger partial charge in [-0.2, -0.15) is 0 Å². The van der Waals surface area contributed by atoms with Crippen LogP contribution in [0.5, 0.6) is 0 Å². The first-order valence-corrected chi connectivity index (χ1v) is 9.43. The number of aryl methyl sites for hydroxylation is 2. The summed E-state index contributed by atoms with van der Waals surface area (Å²) in [5.41, 5.74) is 10.3. The zero-order chi connectivity index (χ0) is 22.4. The first-order valence-electron chi connectivity index (χ1n) is 9.43. The van der Waals surface area contributed by atoms with E-state index in [1.807, 2.05) is 53.5 Å². The third kappa shape index (κ3) is 4.86. The normalized spacial score (nSPS) is 10.4. The number of aromatic nitrogens is 4. The van der Waals surface area contributed by atoms with E-state index in [0.29, 0.717) is 30.0 Å². The fourth-order valence-corrected chi connectivity index (χ4v) is 3.17. The molecule has 0 spiro atoms. The number of nitrogens with one attached hydrogen (secondary N) is 1. The van der Waals surface area contributed by atoms with Crippen molar-refractivity contribution in [2.45, 2.75) is 20.4 Å². The lowest BCUT2D eigenvalue weighted by Gasteiger charge is -2.05. The number of anilines is 1. The molecule has 0 aliphatic heterocycles. The molecular formula is C21H22N6O4. The maximum absolute atomic E-state index is 12.5. The molecular weight excluding hydrogens is 400 g/mol. The molecule has 10 heteroatoms. The Bertz CT molecular complexity index is 1180. The summed E-state index contributed by atoms with van der Waals surface area (Å²) >= 11 is 0. The fraction of sp³-hybridized carbons (Fsp3) is 0.190. The molecule has 0 unspecified atom stereocenters. The molecule has 0 saturated carbocycles. The zero-order valence-corrected chi connectivity index (χ0v) is 17.1. The number of nitrogens with zero attached hydrogens (tertiary/aromatic N) is 4. The number of imidazole rings is 1. The van der Waals surface area contributed by atoms with E-state index in [2.05, 4.69) is 15.5 Å². The molecule has 0 radical (unpaired) electrons. The number of hydrogen-bond donors (Lipinski definition) is 2. The molecule has 4 aromatic heterocycles. The van der Waals surface area contributed by atoms with E-state index in [1.54, 1.807) is 18.3 Å². The summed E-state index contributed by atoms with van der Waals surface area (Å²) in [6.07, 6.45) is 7.37. The summed E-state index contributed by atoms with van der Waals surface area (Å²) in [6, 6.07) is 7.20. The van der Waals surface area contributed by atoms with E-state index in [4.69, 9.17) is 20.2 Å². The lowest BCUT2D eigenvalue weighted by atomic mass is 10.1. The molecule has 0 fully saturated rings. The molecule has 1 amide bonds. The Labute approximate surface area is 177 Å². The summed E-state index contributed by atoms with van der Waals surface area (Å²) < 4.78 is 9.14. The quantitative estimate of drug-likeness (QED) is 0.347. The molecule has 4 heterocycles. The van der Waals surface area contributed by atoms with Gasteiger partial charge in [-0.15, -0.1) is 0 Å². The second kappa shape index (κ2) is 9.53. The van der Waals surface area contributed by atoms with Crippen molar-refractivity contribution in [1.29, 1.82) is 0 Å². The van der Waals surface area contributed by atoms with Gasteiger partial charge in [0.15, 0.2) is 18.9 Å². The van der Waals surface area contributed by atoms with Gasteiger partial charge in [0.1, 0.15) is 11.4 Å². The smallest absolute Gasteiger partial charge is 0.251 e. The molecule has 0 saturated heterocycles. The van der Waals surface area contributed by atoms with Crippen LogP contribution in [0.2, 0.25) is 0 Å². The number of carboxylic acid groups (broad SMARTS) is 1. The number of carbonyl (C=O) groups excluding carboxylic acids is 2. The van der Waals surface area contributed by atoms with E-state index in [-0.39, 0.29) is 5.91 Å². The Kier molecular flexibility index (Phi) is 6.61. The molecule has 3 N–H and O–H groups in total. The van der Waals surface area contributed by atoms with Gasteiger partial charge in [0.25, 0.3) is 5.91 Å². The molecule has 0 aromatic carbocycles. The molecule has 0 aliphatic rings. The average molecular weight is 422 g/mol. The molecule has 4 aromatic rings. The maximum atomic E-state index is 12.5. The highest BCUT2D eigenvalue weighted by Crippen LogP contribution is 2.27. The molecule has 160 valence electrons. The van der Waals surface area contributed by atoms with Crippen LogP contribution in [0.25, 0.3) is 16.9 Å². The Balaban J connectivity index is 0.000000858. The number of nitrogen functional groups attached to an aromatic ring is 1. The van der Waals surface area contributed by atoms with Crippen LogP contribution >= 0.6 is 0 Å². The monoisotopic (exact) mass is 422 g/mol. The van der Waals surface area contributed by atoms with Gasteiger partial charge in [-0.1, -0.05) is 5.16 Å². The third-order valence-corrected chi connectivity index (χ3v) is 4.64. The Hall–Kier alpha value is -4.21. The van der Waals surface area contributed by atoms with Crippen molar-refractivity contribution in [3.05, 3.63) is 66.1 Å². The van der Waals surface area contributed by atoms with Gasteiger partial charge in [0.2, 0.25) is 0 Å². The SMILES string of the molecule is Cc1noc(C)c1-c1cnc2cc(C(=O)NCC[n+]3ccc(N)cc3)ccn12.O=C[O-]. The number of rotatable bonds is 5. The fourth-order valence-electron chi connectivity index (χ4n) is 3.17. The molecule has 10 nitrogen and oxygen atoms in total. The molecule has 0 atom stereocenters. The van der Waals surface area contributed by atoms with Crippen LogP contribution in [0.1, 0.15) is 21.8 Å². The number of fused-ring (bicyclic) bond motifs is 1. The van der Waals surface area contributed by atoms with Crippen LogP contribution in [-0.2, 0) is 11.3 Å². The highest BCUT2D eigenvalue weighted by molar-refractivity contribution is 5.95. The largest absolute Gasteiger partial charge is 0.554 e. The Morgan fingerprint density at radius 3 is 2.68 bits per heavy atom. The highest BCUT2D eigenvalue weighted by atomic mass is 16.5. The summed E-state index contributed by atoms with van der Waals surface area (Å²) in [5, 5.41) is 15.2. The van der Waals surface area contributed by atoms with E-state index in [1.165, 1.54) is 0 Å². The van der Waals surface area contributed by atoms with Crippen molar-refractivity contribution in [1.82, 2.24) is 19.9 Å². The Morgan fingerprint density at radius 2 is 2.03 bits per heavy atom. The van der Waals surface area contributed by atoms with E-state index in [0.717, 1.165) is 22.7 Å². The van der Waals surface area contributed by atoms with Gasteiger partial charge in [0.05, 0.1) is 29.7 Å². The van der Waals surface area contributed by atoms with Crippen molar-refractivity contribution in [2.24, 2.45) is 0 Å². The van der Waals surface area contributed by atoms with Gasteiger partial charge >= 0.3 is 0 Å². The van der Waals surface area contributed by atoms with E-state index in [9.17, 15) is 4.79 Å². The number of pyridine rings is 2. The van der Waals surface area contributed by atoms with Crippen LogP contribution < -0.4 is 20.7 Å². The Morgan fingerprint density at radius 1 is 1.32 bits per heavy atom. The van der Waals surface area contributed by atoms with E-state index >= 15 is 0 Å². The summed E-state index contributed by atoms with van der Waals surface area (Å²) in [7, 11) is 0. The van der Waals surface area contributed by atoms with Crippen molar-refractivity contribution in [2.75, 3.05) is 12.3 Å². The number of nitrogens with two attached hydrogens (primary N) is 1. The minimum absolute atomic E-state index is 0.138. The lowest BCUT2D eigenvalue weighted by Crippen LogP contribution is -2.40. The second-order valence-electron chi connectivity index (χ2n) is 6.71. The van der Waals surface area contributed by atoms with Crippen LogP contribution in [-0.4, -0.2) is 33.5 Å². The first-order chi connectivity index (χ1) is 14.9. The second-order valence-corrected chi connectivity index (χ2v) is 6.71. The maximum Gasteiger partial charge on any atom is 0.251 e. The molecule has 31 heavy (non-hydrogen) atoms. The molecule has 0 bridgehead atoms. The van der Waals surface area contributed by atoms with Crippen molar-refractivity contribution >= 4 is 23.7 Å². The van der Waals surface area contributed by atoms with Crippen LogP contribution in [0, 0.1) is 13.8 Å². The van der Waals surface area contributed by atoms with Crippen LogP contribution in [0.4, 0.5) is 5.69 Å². The summed E-state index contributed by atoms with van der Waals surface area (Å²) in [4.78, 5) is 25.2.